The van der Waals surface area contributed by atoms with E-state index in [2.05, 4.69) is 15.0 Å². The highest BCUT2D eigenvalue weighted by atomic mass is 16.6. The zero-order chi connectivity index (χ0) is 19.6. The summed E-state index contributed by atoms with van der Waals surface area (Å²) in [6, 6.07) is 9.49. The molecule has 1 aromatic carbocycles. The minimum Gasteiger partial charge on any atom is -0.399 e. The van der Waals surface area contributed by atoms with E-state index in [1.54, 1.807) is 6.92 Å². The van der Waals surface area contributed by atoms with Crippen molar-refractivity contribution >= 4 is 22.7 Å². The van der Waals surface area contributed by atoms with E-state index in [0.29, 0.717) is 11.2 Å². The molecule has 3 aromatic rings. The molecule has 0 unspecified atom stereocenters. The van der Waals surface area contributed by atoms with Crippen molar-refractivity contribution in [3.63, 3.8) is 0 Å². The van der Waals surface area contributed by atoms with Crippen LogP contribution in [0.15, 0.2) is 43.0 Å². The largest absolute Gasteiger partial charge is 0.399 e. The molecule has 0 radical (unpaired) electrons. The van der Waals surface area contributed by atoms with E-state index in [1.807, 2.05) is 30.3 Å². The lowest BCUT2D eigenvalue weighted by atomic mass is 10.0. The first kappa shape index (κ1) is 19.0. The molecule has 0 spiro atoms. The Morgan fingerprint density at radius 1 is 1.15 bits per heavy atom. The Balaban J connectivity index is 0.000000253. The first-order valence-electron chi connectivity index (χ1n) is 8.27. The van der Waals surface area contributed by atoms with E-state index in [1.165, 1.54) is 17.2 Å². The maximum Gasteiger partial charge on any atom is 0.173 e. The fourth-order valence-electron chi connectivity index (χ4n) is 2.94. The molecule has 0 aliphatic carbocycles. The van der Waals surface area contributed by atoms with Crippen molar-refractivity contribution in [2.45, 2.75) is 31.0 Å². The van der Waals surface area contributed by atoms with Crippen molar-refractivity contribution in [1.29, 1.82) is 0 Å². The number of nitrogens with two attached hydrogens (primary N) is 2. The van der Waals surface area contributed by atoms with E-state index >= 15 is 0 Å². The number of fused-ring (bicyclic) bond motifs is 1. The van der Waals surface area contributed by atoms with Crippen LogP contribution in [0.2, 0.25) is 0 Å². The number of benzene rings is 1. The summed E-state index contributed by atoms with van der Waals surface area (Å²) in [5.41, 5.74) is 11.3. The Hall–Kier alpha value is -2.79. The third-order valence-electron chi connectivity index (χ3n) is 4.46. The van der Waals surface area contributed by atoms with Gasteiger partial charge >= 0.3 is 0 Å². The minimum absolute atomic E-state index is 0.212. The molecule has 27 heavy (non-hydrogen) atoms. The molecule has 0 bridgehead atoms. The van der Waals surface area contributed by atoms with Gasteiger partial charge in [0.15, 0.2) is 17.2 Å². The fourth-order valence-corrected chi connectivity index (χ4v) is 2.94. The molecule has 7 N–H and O–H groups in total. The number of aliphatic hydroxyl groups is 3. The lowest BCUT2D eigenvalue weighted by Gasteiger charge is -2.29. The molecule has 10 heteroatoms. The van der Waals surface area contributed by atoms with E-state index in [0.717, 1.165) is 5.69 Å². The van der Waals surface area contributed by atoms with E-state index in [4.69, 9.17) is 16.2 Å². The summed E-state index contributed by atoms with van der Waals surface area (Å²) in [5.74, 6) is 0.212. The number of anilines is 2. The fraction of sp³-hybridized carbons (Fsp3) is 0.353. The van der Waals surface area contributed by atoms with E-state index in [9.17, 15) is 15.3 Å². The topological polar surface area (TPSA) is 166 Å². The smallest absolute Gasteiger partial charge is 0.173 e. The zero-order valence-electron chi connectivity index (χ0n) is 14.7. The van der Waals surface area contributed by atoms with Crippen LogP contribution in [0, 0.1) is 0 Å². The van der Waals surface area contributed by atoms with Gasteiger partial charge in [-0.3, -0.25) is 4.57 Å². The number of ether oxygens (including phenoxy) is 1. The van der Waals surface area contributed by atoms with Crippen LogP contribution in [0.5, 0.6) is 0 Å². The molecule has 1 fully saturated rings. The van der Waals surface area contributed by atoms with Crippen LogP contribution < -0.4 is 11.5 Å². The van der Waals surface area contributed by atoms with Gasteiger partial charge in [-0.15, -0.1) is 0 Å². The number of aliphatic hydroxyl groups excluding tert-OH is 3. The van der Waals surface area contributed by atoms with Crippen LogP contribution in [0.3, 0.4) is 0 Å². The molecule has 1 aliphatic heterocycles. The summed E-state index contributed by atoms with van der Waals surface area (Å²) in [6.07, 6.45) is -0.646. The molecule has 4 rings (SSSR count). The van der Waals surface area contributed by atoms with Crippen LogP contribution in [0.1, 0.15) is 6.92 Å². The predicted molar refractivity (Wildman–Crippen MR) is 98.2 cm³/mol. The van der Waals surface area contributed by atoms with E-state index < -0.39 is 30.6 Å². The van der Waals surface area contributed by atoms with Crippen LogP contribution in [-0.2, 0) is 10.5 Å². The van der Waals surface area contributed by atoms with Gasteiger partial charge in [0.25, 0.3) is 0 Å². The van der Waals surface area contributed by atoms with Gasteiger partial charge in [0, 0.05) is 5.69 Å². The second-order valence-electron chi connectivity index (χ2n) is 6.29. The maximum atomic E-state index is 10.2. The van der Waals surface area contributed by atoms with Crippen LogP contribution >= 0.6 is 0 Å². The minimum atomic E-state index is -1.30. The predicted octanol–water partition coefficient (Wildman–Crippen LogP) is -0.537. The second-order valence-corrected chi connectivity index (χ2v) is 6.29. The van der Waals surface area contributed by atoms with Crippen molar-refractivity contribution in [2.75, 3.05) is 18.1 Å². The van der Waals surface area contributed by atoms with Crippen molar-refractivity contribution in [3.8, 4) is 0 Å². The average Bonchev–Trinajstić information content (AvgIpc) is 3.20. The molecule has 1 saturated heterocycles. The Morgan fingerprint density at radius 3 is 2.41 bits per heavy atom. The van der Waals surface area contributed by atoms with Crippen LogP contribution in [-0.4, -0.2) is 59.8 Å². The number of nitrogens with zero attached hydrogens (tertiary/aromatic N) is 4. The molecule has 10 nitrogen and oxygen atoms in total. The number of hydrogen-bond donors (Lipinski definition) is 5. The maximum absolute atomic E-state index is 10.2. The lowest BCUT2D eigenvalue weighted by molar-refractivity contribution is -0.132. The quantitative estimate of drug-likeness (QED) is 0.370. The summed E-state index contributed by atoms with van der Waals surface area (Å²) >= 11 is 0. The third kappa shape index (κ3) is 3.43. The van der Waals surface area contributed by atoms with Gasteiger partial charge in [0.2, 0.25) is 0 Å². The lowest BCUT2D eigenvalue weighted by Crippen LogP contribution is -2.43. The number of aromatic nitrogens is 4. The highest BCUT2D eigenvalue weighted by Gasteiger charge is 2.52. The number of imidazole rings is 1. The molecule has 144 valence electrons. The number of rotatable bonds is 2. The van der Waals surface area contributed by atoms with Gasteiger partial charge in [-0.1, -0.05) is 18.2 Å². The summed E-state index contributed by atoms with van der Waals surface area (Å²) in [5, 5.41) is 29.3. The van der Waals surface area contributed by atoms with Gasteiger partial charge in [-0.2, -0.15) is 0 Å². The number of para-hydroxylation sites is 1. The van der Waals surface area contributed by atoms with Crippen molar-refractivity contribution < 1.29 is 20.1 Å². The van der Waals surface area contributed by atoms with Gasteiger partial charge < -0.3 is 31.5 Å². The SMILES string of the molecule is C[C@@]1(n2cnc3c(N)ncnc32)O[C@H](CO)[C@@H](O)[C@H]1O.Nc1ccccc1. The monoisotopic (exact) mass is 374 g/mol. The standard InChI is InChI=1S/C11H15N5O4.C6H7N/c1-11(8(19)7(18)5(2-17)20-11)16-4-15-6-9(12)13-3-14-10(6)16;7-6-4-2-1-3-5-6/h3-5,7-8,17-19H,2H2,1H3,(H2,12,13,14);1-5H,7H2/t5-,7-,8-,11-;/m1./s1. The summed E-state index contributed by atoms with van der Waals surface area (Å²) in [4.78, 5) is 12.0. The van der Waals surface area contributed by atoms with Crippen molar-refractivity contribution in [3.05, 3.63) is 43.0 Å². The Kier molecular flexibility index (Phi) is 5.24. The number of nitrogen functional groups attached to an aromatic ring is 2. The van der Waals surface area contributed by atoms with Crippen LogP contribution in [0.4, 0.5) is 11.5 Å². The third-order valence-corrected chi connectivity index (χ3v) is 4.46. The highest BCUT2D eigenvalue weighted by molar-refractivity contribution is 5.81. The van der Waals surface area contributed by atoms with Gasteiger partial charge in [-0.25, -0.2) is 15.0 Å². The number of hydrogen-bond acceptors (Lipinski definition) is 9. The Bertz CT molecular complexity index is 905. The Morgan fingerprint density at radius 2 is 1.85 bits per heavy atom. The van der Waals surface area contributed by atoms with Crippen molar-refractivity contribution in [1.82, 2.24) is 19.5 Å². The normalized spacial score (nSPS) is 27.3. The van der Waals surface area contributed by atoms with Gasteiger partial charge in [0.05, 0.1) is 12.9 Å². The van der Waals surface area contributed by atoms with Crippen LogP contribution in [0.25, 0.3) is 11.2 Å². The molecule has 1 aliphatic rings. The molecule has 0 amide bonds. The van der Waals surface area contributed by atoms with Gasteiger partial charge in [-0.05, 0) is 19.1 Å². The molecule has 2 aromatic heterocycles. The average molecular weight is 374 g/mol. The van der Waals surface area contributed by atoms with Crippen molar-refractivity contribution in [2.24, 2.45) is 0 Å². The molecular formula is C17H22N6O4. The summed E-state index contributed by atoms with van der Waals surface area (Å²) < 4.78 is 7.06. The molecule has 3 heterocycles. The van der Waals surface area contributed by atoms with Gasteiger partial charge in [0.1, 0.15) is 30.2 Å². The first-order valence-corrected chi connectivity index (χ1v) is 8.27. The molecular weight excluding hydrogens is 352 g/mol. The Labute approximate surface area is 155 Å². The summed E-state index contributed by atoms with van der Waals surface area (Å²) in [7, 11) is 0. The van der Waals surface area contributed by atoms with E-state index in [-0.39, 0.29) is 5.82 Å². The molecule has 0 saturated carbocycles. The second kappa shape index (κ2) is 7.45. The highest BCUT2D eigenvalue weighted by Crippen LogP contribution is 2.37. The first-order chi connectivity index (χ1) is 12.9. The molecule has 4 atom stereocenters. The zero-order valence-corrected chi connectivity index (χ0v) is 14.7. The summed E-state index contributed by atoms with van der Waals surface area (Å²) in [6.45, 7) is 1.17.